The van der Waals surface area contributed by atoms with Crippen molar-refractivity contribution in [2.24, 2.45) is 28.7 Å². The van der Waals surface area contributed by atoms with Gasteiger partial charge >= 0.3 is 0 Å². The van der Waals surface area contributed by atoms with Gasteiger partial charge in [0.1, 0.15) is 0 Å². The summed E-state index contributed by atoms with van der Waals surface area (Å²) in [6, 6.07) is 0. The first-order valence-corrected chi connectivity index (χ1v) is 14.6. The number of rotatable bonds is 15. The Morgan fingerprint density at radius 2 is 0.850 bits per heavy atom. The molecule has 2 aliphatic rings. The van der Waals surface area contributed by atoms with Gasteiger partial charge in [0.05, 0.1) is 0 Å². The highest BCUT2D eigenvalue weighted by Gasteiger charge is 2.40. The van der Waals surface area contributed by atoms with Gasteiger partial charge in [-0.15, -0.1) is 0 Å². The van der Waals surface area contributed by atoms with E-state index in [2.05, 4.69) is 76.9 Å². The molecule has 0 aliphatic heterocycles. The highest BCUT2D eigenvalue weighted by molar-refractivity contribution is 5.43. The van der Waals surface area contributed by atoms with Crippen molar-refractivity contribution in [2.45, 2.75) is 70.6 Å². The molecule has 2 saturated carbocycles. The van der Waals surface area contributed by atoms with E-state index in [1.807, 2.05) is 12.2 Å². The number of nitrogens with two attached hydrogens (primary N) is 2. The van der Waals surface area contributed by atoms with Crippen LogP contribution in [0.3, 0.4) is 0 Å². The molecule has 0 aromatic heterocycles. The summed E-state index contributed by atoms with van der Waals surface area (Å²) in [4.78, 5) is 0. The van der Waals surface area contributed by atoms with Crippen LogP contribution in [0.25, 0.3) is 0 Å². The van der Waals surface area contributed by atoms with Crippen molar-refractivity contribution >= 4 is 0 Å². The fraction of sp³-hybridized carbons (Fsp3) is 0.368. The van der Waals surface area contributed by atoms with Crippen molar-refractivity contribution < 1.29 is 0 Å². The molecule has 2 nitrogen and oxygen atoms in total. The van der Waals surface area contributed by atoms with Gasteiger partial charge in [-0.1, -0.05) is 143 Å². The van der Waals surface area contributed by atoms with Gasteiger partial charge in [-0.25, -0.2) is 0 Å². The van der Waals surface area contributed by atoms with Gasteiger partial charge in [0.2, 0.25) is 0 Å². The second-order valence-electron chi connectivity index (χ2n) is 11.8. The topological polar surface area (TPSA) is 52.0 Å². The third-order valence-corrected chi connectivity index (χ3v) is 8.44. The van der Waals surface area contributed by atoms with E-state index >= 15 is 0 Å². The van der Waals surface area contributed by atoms with Crippen LogP contribution in [-0.2, 0) is 0 Å². The van der Waals surface area contributed by atoms with Crippen LogP contribution in [0.1, 0.15) is 70.6 Å². The second kappa shape index (κ2) is 15.9. The second-order valence-corrected chi connectivity index (χ2v) is 11.8. The predicted molar refractivity (Wildman–Crippen MR) is 178 cm³/mol. The van der Waals surface area contributed by atoms with Crippen LogP contribution in [0.4, 0.5) is 0 Å². The van der Waals surface area contributed by atoms with Crippen molar-refractivity contribution in [3.8, 4) is 0 Å². The van der Waals surface area contributed by atoms with Crippen molar-refractivity contribution in [1.82, 2.24) is 0 Å². The van der Waals surface area contributed by atoms with Crippen LogP contribution in [0.15, 0.2) is 146 Å². The van der Waals surface area contributed by atoms with Crippen LogP contribution in [0.2, 0.25) is 0 Å². The van der Waals surface area contributed by atoms with Gasteiger partial charge in [0, 0.05) is 16.8 Å². The number of allylic oxidation sites excluding steroid dienone is 14. The van der Waals surface area contributed by atoms with E-state index in [1.165, 1.54) is 44.9 Å². The van der Waals surface area contributed by atoms with E-state index < -0.39 is 0 Å². The molecule has 2 fully saturated rings. The van der Waals surface area contributed by atoms with Gasteiger partial charge in [-0.2, -0.15) is 0 Å². The highest BCUT2D eigenvalue weighted by Crippen LogP contribution is 2.52. The average molecular weight is 537 g/mol. The Morgan fingerprint density at radius 3 is 1.23 bits per heavy atom. The fourth-order valence-electron chi connectivity index (χ4n) is 6.08. The molecule has 0 radical (unpaired) electrons. The molecule has 4 N–H and O–H groups in total. The molecule has 0 heterocycles. The van der Waals surface area contributed by atoms with E-state index in [1.54, 1.807) is 12.2 Å². The molecule has 0 atom stereocenters. The molecule has 0 bridgehead atoms. The zero-order valence-electron chi connectivity index (χ0n) is 24.9. The quantitative estimate of drug-likeness (QED) is 0.205. The fourth-order valence-corrected chi connectivity index (χ4v) is 6.08. The summed E-state index contributed by atoms with van der Waals surface area (Å²) in [5.74, 6) is 1.69. The molecule has 2 aliphatic carbocycles. The first-order chi connectivity index (χ1) is 18.9. The van der Waals surface area contributed by atoms with E-state index in [4.69, 9.17) is 11.5 Å². The Labute approximate surface area is 245 Å². The SMILES string of the molecule is C=C(N)/C=C\C(=C)CC(=C)/C=C\C(=C)C1(C(=C)/C=C\C(=C)CC(=C)/C=C\C(=C)N)CCC(C2CCCCC2)CC1. The van der Waals surface area contributed by atoms with Crippen molar-refractivity contribution in [3.63, 3.8) is 0 Å². The molecule has 0 aromatic rings. The maximum atomic E-state index is 5.64. The zero-order valence-corrected chi connectivity index (χ0v) is 24.9. The van der Waals surface area contributed by atoms with E-state index in [0.717, 1.165) is 58.1 Å². The van der Waals surface area contributed by atoms with Gasteiger partial charge in [0.25, 0.3) is 0 Å². The summed E-state index contributed by atoms with van der Waals surface area (Å²) in [7, 11) is 0. The Bertz CT molecular complexity index is 1060. The Balaban J connectivity index is 2.16. The lowest BCUT2D eigenvalue weighted by Crippen LogP contribution is -2.33. The maximum Gasteiger partial charge on any atom is 0.0241 e. The van der Waals surface area contributed by atoms with Crippen LogP contribution in [0.5, 0.6) is 0 Å². The summed E-state index contributed by atoms with van der Waals surface area (Å²) in [5.41, 5.74) is 18.2. The Morgan fingerprint density at radius 1 is 0.500 bits per heavy atom. The molecule has 40 heavy (non-hydrogen) atoms. The Hall–Kier alpha value is -3.52. The molecular weight excluding hydrogens is 484 g/mol. The first-order valence-electron chi connectivity index (χ1n) is 14.6. The number of hydrogen-bond donors (Lipinski definition) is 2. The molecule has 2 rings (SSSR count). The summed E-state index contributed by atoms with van der Waals surface area (Å²) >= 11 is 0. The summed E-state index contributed by atoms with van der Waals surface area (Å²) < 4.78 is 0. The molecule has 0 unspecified atom stereocenters. The monoisotopic (exact) mass is 536 g/mol. The van der Waals surface area contributed by atoms with E-state index in [-0.39, 0.29) is 5.41 Å². The minimum Gasteiger partial charge on any atom is -0.399 e. The van der Waals surface area contributed by atoms with E-state index in [0.29, 0.717) is 24.2 Å². The van der Waals surface area contributed by atoms with Crippen LogP contribution < -0.4 is 11.5 Å². The highest BCUT2D eigenvalue weighted by atomic mass is 14.5. The molecule has 0 aromatic carbocycles. The van der Waals surface area contributed by atoms with Crippen molar-refractivity contribution in [3.05, 3.63) is 146 Å². The maximum absolute atomic E-state index is 5.64. The molecule has 0 saturated heterocycles. The summed E-state index contributed by atoms with van der Waals surface area (Å²) in [6.07, 6.45) is 28.6. The molecular formula is C38H52N2. The van der Waals surface area contributed by atoms with Gasteiger partial charge < -0.3 is 11.5 Å². The Kier molecular flexibility index (Phi) is 13.0. The standard InChI is InChI=1S/C38H52N2/c1-28(26-30(3)16-20-34(7)39)14-18-32(5)38(24-22-37(23-25-38)36-12-10-9-11-13-36)33(6)19-15-29(2)27-31(4)17-21-35(8)40/h14-21,36-37H,1-13,22-27,39-40H2/b18-14-,19-15-,20-16-,21-17-. The summed E-state index contributed by atoms with van der Waals surface area (Å²) in [5, 5.41) is 0. The molecule has 214 valence electrons. The lowest BCUT2D eigenvalue weighted by Gasteiger charge is -2.44. The molecule has 0 spiro atoms. The minimum atomic E-state index is -0.166. The largest absolute Gasteiger partial charge is 0.399 e. The van der Waals surface area contributed by atoms with Crippen molar-refractivity contribution in [2.75, 3.05) is 0 Å². The van der Waals surface area contributed by atoms with Crippen molar-refractivity contribution in [1.29, 1.82) is 0 Å². The summed E-state index contributed by atoms with van der Waals surface area (Å²) in [6.45, 7) is 33.3. The lowest BCUT2D eigenvalue weighted by molar-refractivity contribution is 0.149. The zero-order chi connectivity index (χ0) is 29.7. The lowest BCUT2D eigenvalue weighted by atomic mass is 9.60. The normalized spacial score (nSPS) is 18.4. The van der Waals surface area contributed by atoms with Gasteiger partial charge in [-0.05, 0) is 73.7 Å². The predicted octanol–water partition coefficient (Wildman–Crippen LogP) is 10.0. The average Bonchev–Trinajstić information content (AvgIpc) is 2.92. The molecule has 2 heteroatoms. The third-order valence-electron chi connectivity index (χ3n) is 8.44. The van der Waals surface area contributed by atoms with Gasteiger partial charge in [-0.3, -0.25) is 0 Å². The number of hydrogen-bond acceptors (Lipinski definition) is 2. The van der Waals surface area contributed by atoms with Crippen LogP contribution >= 0.6 is 0 Å². The van der Waals surface area contributed by atoms with Crippen LogP contribution in [-0.4, -0.2) is 0 Å². The smallest absolute Gasteiger partial charge is 0.0241 e. The van der Waals surface area contributed by atoms with E-state index in [9.17, 15) is 0 Å². The minimum absolute atomic E-state index is 0.166. The first kappa shape index (κ1) is 32.7. The van der Waals surface area contributed by atoms with Gasteiger partial charge in [0.15, 0.2) is 0 Å². The molecule has 0 amide bonds. The third kappa shape index (κ3) is 10.6. The van der Waals surface area contributed by atoms with Crippen LogP contribution in [0, 0.1) is 17.3 Å².